The molecule has 0 aliphatic carbocycles. The smallest absolute Gasteiger partial charge is 0.311 e. The molecular formula is C25H34O6P2. The predicted octanol–water partition coefficient (Wildman–Crippen LogP) is 6.94. The van der Waals surface area contributed by atoms with Crippen molar-refractivity contribution in [2.24, 2.45) is 5.41 Å². The maximum absolute atomic E-state index is 6.10. The van der Waals surface area contributed by atoms with Gasteiger partial charge in [-0.05, 0) is 25.0 Å². The molecule has 4 atom stereocenters. The minimum Gasteiger partial charge on any atom is -0.311 e. The minimum atomic E-state index is -1.38. The normalized spacial score (nSPS) is 29.3. The third kappa shape index (κ3) is 6.60. The molecule has 2 aliphatic rings. The molecule has 2 aromatic carbocycles. The highest BCUT2D eigenvalue weighted by Crippen LogP contribution is 2.54. The molecule has 2 aromatic rings. The molecule has 2 aliphatic heterocycles. The van der Waals surface area contributed by atoms with Crippen LogP contribution in [0.1, 0.15) is 50.7 Å². The van der Waals surface area contributed by atoms with Crippen LogP contribution in [0.2, 0.25) is 0 Å². The Morgan fingerprint density at radius 3 is 1.27 bits per heavy atom. The van der Waals surface area contributed by atoms with Gasteiger partial charge in [0.2, 0.25) is 0 Å². The highest BCUT2D eigenvalue weighted by molar-refractivity contribution is 7.42. The van der Waals surface area contributed by atoms with Gasteiger partial charge < -0.3 is 27.1 Å². The first kappa shape index (κ1) is 25.2. The van der Waals surface area contributed by atoms with Gasteiger partial charge in [-0.3, -0.25) is 0 Å². The lowest BCUT2D eigenvalue weighted by Crippen LogP contribution is -2.45. The van der Waals surface area contributed by atoms with Crippen molar-refractivity contribution in [3.05, 3.63) is 71.8 Å². The summed E-state index contributed by atoms with van der Waals surface area (Å²) in [7, 11) is -2.76. The maximum atomic E-state index is 6.10. The molecule has 0 amide bonds. The monoisotopic (exact) mass is 492 g/mol. The van der Waals surface area contributed by atoms with Gasteiger partial charge in [0.05, 0.1) is 44.1 Å². The fourth-order valence-electron chi connectivity index (χ4n) is 3.71. The van der Waals surface area contributed by atoms with Gasteiger partial charge in [0, 0.05) is 11.8 Å². The van der Waals surface area contributed by atoms with Gasteiger partial charge in [0.25, 0.3) is 0 Å². The summed E-state index contributed by atoms with van der Waals surface area (Å²) < 4.78 is 36.1. The zero-order valence-electron chi connectivity index (χ0n) is 19.8. The fraction of sp³-hybridized carbons (Fsp3) is 0.520. The lowest BCUT2D eigenvalue weighted by Gasteiger charge is -2.42. The third-order valence-corrected chi connectivity index (χ3v) is 8.84. The summed E-state index contributed by atoms with van der Waals surface area (Å²) in [5, 5.41) is 0. The number of rotatable bonds is 8. The second-order valence-electron chi connectivity index (χ2n) is 9.06. The summed E-state index contributed by atoms with van der Waals surface area (Å²) in [4.78, 5) is 0. The minimum absolute atomic E-state index is 0.0132. The first-order valence-corrected chi connectivity index (χ1v) is 13.7. The van der Waals surface area contributed by atoms with Gasteiger partial charge in [0.1, 0.15) is 0 Å². The van der Waals surface area contributed by atoms with E-state index in [1.807, 2.05) is 36.4 Å². The molecule has 0 saturated carbocycles. The molecule has 180 valence electrons. The van der Waals surface area contributed by atoms with Crippen molar-refractivity contribution >= 4 is 17.2 Å². The predicted molar refractivity (Wildman–Crippen MR) is 131 cm³/mol. The van der Waals surface area contributed by atoms with E-state index in [-0.39, 0.29) is 29.5 Å². The van der Waals surface area contributed by atoms with E-state index in [1.165, 1.54) is 11.1 Å². The van der Waals surface area contributed by atoms with Crippen molar-refractivity contribution in [2.45, 2.75) is 51.7 Å². The Hall–Kier alpha value is -0.940. The van der Waals surface area contributed by atoms with Crippen molar-refractivity contribution in [1.29, 1.82) is 0 Å². The van der Waals surface area contributed by atoms with E-state index in [0.717, 1.165) is 0 Å². The lowest BCUT2D eigenvalue weighted by molar-refractivity contribution is -0.0818. The van der Waals surface area contributed by atoms with Crippen LogP contribution in [0.5, 0.6) is 0 Å². The standard InChI is InChI=1S/C25H34O6P2/c1-19(23-11-7-5-8-12-23)21(3)30-32-26-15-25(16-27-32)17-28-33(29-18-25)31-22(4)20(2)24-13-9-6-10-14-24/h5-14,19-22H,15-18H2,1-4H3. The van der Waals surface area contributed by atoms with Crippen LogP contribution in [0.4, 0.5) is 0 Å². The molecule has 2 heterocycles. The van der Waals surface area contributed by atoms with E-state index in [0.29, 0.717) is 26.4 Å². The maximum Gasteiger partial charge on any atom is 0.332 e. The Balaban J connectivity index is 1.20. The second kappa shape index (κ2) is 11.7. The zero-order chi connectivity index (χ0) is 23.3. The van der Waals surface area contributed by atoms with Crippen molar-refractivity contribution in [3.63, 3.8) is 0 Å². The summed E-state index contributed by atoms with van der Waals surface area (Å²) in [6.07, 6.45) is -0.0264. The Labute approximate surface area is 199 Å². The molecule has 8 heteroatoms. The van der Waals surface area contributed by atoms with E-state index in [1.54, 1.807) is 0 Å². The Bertz CT molecular complexity index is 763. The SMILES string of the molecule is CC(OP1OCC2(CO1)COP(OC(C)C(C)c1ccccc1)OC2)C(C)c1ccccc1. The van der Waals surface area contributed by atoms with Gasteiger partial charge >= 0.3 is 17.2 Å². The van der Waals surface area contributed by atoms with Crippen LogP contribution >= 0.6 is 17.2 Å². The van der Waals surface area contributed by atoms with Crippen LogP contribution in [-0.2, 0) is 27.1 Å². The van der Waals surface area contributed by atoms with E-state index >= 15 is 0 Å². The molecule has 4 rings (SSSR count). The van der Waals surface area contributed by atoms with Crippen molar-refractivity contribution in [1.82, 2.24) is 0 Å². The fourth-order valence-corrected chi connectivity index (χ4v) is 6.53. The molecule has 33 heavy (non-hydrogen) atoms. The molecule has 0 radical (unpaired) electrons. The van der Waals surface area contributed by atoms with Gasteiger partial charge in [-0.2, -0.15) is 0 Å². The van der Waals surface area contributed by atoms with Crippen LogP contribution in [0.25, 0.3) is 0 Å². The first-order chi connectivity index (χ1) is 16.0. The molecule has 2 saturated heterocycles. The van der Waals surface area contributed by atoms with Crippen molar-refractivity contribution in [3.8, 4) is 0 Å². The topological polar surface area (TPSA) is 55.4 Å². The second-order valence-corrected chi connectivity index (χ2v) is 11.4. The van der Waals surface area contributed by atoms with E-state index in [9.17, 15) is 0 Å². The number of hydrogen-bond donors (Lipinski definition) is 0. The highest BCUT2D eigenvalue weighted by atomic mass is 31.2. The largest absolute Gasteiger partial charge is 0.332 e. The van der Waals surface area contributed by atoms with Gasteiger partial charge in [-0.1, -0.05) is 74.5 Å². The Morgan fingerprint density at radius 1 is 0.606 bits per heavy atom. The Morgan fingerprint density at radius 2 is 0.939 bits per heavy atom. The number of hydrogen-bond acceptors (Lipinski definition) is 6. The van der Waals surface area contributed by atoms with E-state index in [2.05, 4.69) is 52.0 Å². The summed E-state index contributed by atoms with van der Waals surface area (Å²) >= 11 is 0. The molecule has 6 nitrogen and oxygen atoms in total. The summed E-state index contributed by atoms with van der Waals surface area (Å²) in [6.45, 7) is 10.4. The van der Waals surface area contributed by atoms with Crippen LogP contribution in [0.15, 0.2) is 60.7 Å². The van der Waals surface area contributed by atoms with Crippen LogP contribution in [0.3, 0.4) is 0 Å². The lowest BCUT2D eigenvalue weighted by atomic mass is 9.93. The molecule has 1 spiro atoms. The third-order valence-electron chi connectivity index (χ3n) is 6.47. The average Bonchev–Trinajstić information content (AvgIpc) is 2.87. The highest BCUT2D eigenvalue weighted by Gasteiger charge is 2.44. The Kier molecular flexibility index (Phi) is 8.89. The summed E-state index contributed by atoms with van der Waals surface area (Å²) in [5.41, 5.74) is 2.17. The molecule has 2 fully saturated rings. The van der Waals surface area contributed by atoms with Crippen molar-refractivity contribution in [2.75, 3.05) is 26.4 Å². The summed E-state index contributed by atoms with van der Waals surface area (Å²) in [6, 6.07) is 20.7. The van der Waals surface area contributed by atoms with Gasteiger partial charge in [0.15, 0.2) is 0 Å². The molecule has 0 bridgehead atoms. The quantitative estimate of drug-likeness (QED) is 0.372. The average molecular weight is 492 g/mol. The van der Waals surface area contributed by atoms with Gasteiger partial charge in [-0.25, -0.2) is 0 Å². The van der Waals surface area contributed by atoms with E-state index < -0.39 is 17.2 Å². The molecule has 0 N–H and O–H groups in total. The van der Waals surface area contributed by atoms with E-state index in [4.69, 9.17) is 27.1 Å². The van der Waals surface area contributed by atoms with Crippen LogP contribution < -0.4 is 0 Å². The van der Waals surface area contributed by atoms with Crippen LogP contribution in [-0.4, -0.2) is 38.6 Å². The molecular weight excluding hydrogens is 458 g/mol. The zero-order valence-corrected chi connectivity index (χ0v) is 21.5. The molecule has 0 aromatic heterocycles. The number of benzene rings is 2. The van der Waals surface area contributed by atoms with Gasteiger partial charge in [-0.15, -0.1) is 0 Å². The molecule has 4 unspecified atom stereocenters. The van der Waals surface area contributed by atoms with Crippen molar-refractivity contribution < 1.29 is 27.1 Å². The summed E-state index contributed by atoms with van der Waals surface area (Å²) in [5.74, 6) is 0.498. The first-order valence-electron chi connectivity index (χ1n) is 11.5. The van der Waals surface area contributed by atoms with Crippen LogP contribution in [0, 0.1) is 5.41 Å².